The number of nitrogens with zero attached hydrogens (tertiary/aromatic N) is 3. The summed E-state index contributed by atoms with van der Waals surface area (Å²) >= 11 is 0. The van der Waals surface area contributed by atoms with Crippen molar-refractivity contribution in [3.8, 4) is 11.6 Å². The minimum Gasteiger partial charge on any atom is -0.494 e. The molecule has 0 bridgehead atoms. The van der Waals surface area contributed by atoms with Crippen molar-refractivity contribution in [1.29, 1.82) is 0 Å². The van der Waals surface area contributed by atoms with Crippen molar-refractivity contribution in [1.82, 2.24) is 15.1 Å². The molecule has 28 heavy (non-hydrogen) atoms. The molecule has 1 aromatic carbocycles. The number of piperidine rings is 1. The van der Waals surface area contributed by atoms with E-state index in [9.17, 15) is 4.79 Å². The lowest BCUT2D eigenvalue weighted by Crippen LogP contribution is -2.46. The summed E-state index contributed by atoms with van der Waals surface area (Å²) in [5.41, 5.74) is 1.60. The number of hydrogen-bond acceptors (Lipinski definition) is 5. The highest BCUT2D eigenvalue weighted by atomic mass is 16.5. The Bertz CT molecular complexity index is 749. The third-order valence-electron chi connectivity index (χ3n) is 4.60. The largest absolute Gasteiger partial charge is 0.494 e. The summed E-state index contributed by atoms with van der Waals surface area (Å²) in [6, 6.07) is 11.0. The second-order valence-electron chi connectivity index (χ2n) is 7.00. The van der Waals surface area contributed by atoms with E-state index >= 15 is 0 Å². The standard InChI is InChI=1S/C21H28N4O3/c1-3-4-14-27-18-10-8-17(9-11-18)22-21(26)25-13-5-6-19(15-25)28-20-12-7-16(2)23-24-20/h7-12,19H,3-6,13-15H2,1-2H3,(H,22,26). The zero-order chi connectivity index (χ0) is 19.8. The molecule has 2 amide bonds. The minimum atomic E-state index is -0.122. The highest BCUT2D eigenvalue weighted by Crippen LogP contribution is 2.19. The van der Waals surface area contributed by atoms with Gasteiger partial charge in [-0.25, -0.2) is 4.79 Å². The van der Waals surface area contributed by atoms with E-state index in [-0.39, 0.29) is 12.1 Å². The third kappa shape index (κ3) is 5.84. The second-order valence-corrected chi connectivity index (χ2v) is 7.00. The number of rotatable bonds is 7. The van der Waals surface area contributed by atoms with Gasteiger partial charge in [0.25, 0.3) is 0 Å². The van der Waals surface area contributed by atoms with Crippen molar-refractivity contribution < 1.29 is 14.3 Å². The van der Waals surface area contributed by atoms with Crippen LogP contribution < -0.4 is 14.8 Å². The lowest BCUT2D eigenvalue weighted by Gasteiger charge is -2.32. The molecule has 7 nitrogen and oxygen atoms in total. The fourth-order valence-corrected chi connectivity index (χ4v) is 3.01. The summed E-state index contributed by atoms with van der Waals surface area (Å²) in [6.07, 6.45) is 3.84. The number of likely N-dealkylation sites (tertiary alicyclic amines) is 1. The van der Waals surface area contributed by atoms with Crippen molar-refractivity contribution >= 4 is 11.7 Å². The molecule has 150 valence electrons. The number of anilines is 1. The Morgan fingerprint density at radius 3 is 2.75 bits per heavy atom. The summed E-state index contributed by atoms with van der Waals surface area (Å²) < 4.78 is 11.5. The van der Waals surface area contributed by atoms with Crippen molar-refractivity contribution in [3.63, 3.8) is 0 Å². The van der Waals surface area contributed by atoms with Gasteiger partial charge in [0.1, 0.15) is 11.9 Å². The quantitative estimate of drug-likeness (QED) is 0.729. The van der Waals surface area contributed by atoms with Gasteiger partial charge in [-0.2, -0.15) is 5.10 Å². The number of unbranched alkanes of at least 4 members (excludes halogenated alkanes) is 1. The van der Waals surface area contributed by atoms with Crippen LogP contribution in [-0.2, 0) is 0 Å². The lowest BCUT2D eigenvalue weighted by molar-refractivity contribution is 0.102. The van der Waals surface area contributed by atoms with Crippen molar-refractivity contribution in [2.75, 3.05) is 25.0 Å². The van der Waals surface area contributed by atoms with Crippen LogP contribution in [0.4, 0.5) is 10.5 Å². The van der Waals surface area contributed by atoms with Gasteiger partial charge in [0.15, 0.2) is 0 Å². The maximum Gasteiger partial charge on any atom is 0.321 e. The first-order chi connectivity index (χ1) is 13.6. The maximum atomic E-state index is 12.6. The van der Waals surface area contributed by atoms with Gasteiger partial charge in [-0.05, 0) is 56.5 Å². The highest BCUT2D eigenvalue weighted by Gasteiger charge is 2.25. The van der Waals surface area contributed by atoms with Gasteiger partial charge in [0.05, 0.1) is 18.8 Å². The number of carbonyl (C=O) groups excluding carboxylic acids is 1. The normalized spacial score (nSPS) is 16.5. The van der Waals surface area contributed by atoms with E-state index in [0.717, 1.165) is 42.8 Å². The van der Waals surface area contributed by atoms with Gasteiger partial charge in [0.2, 0.25) is 5.88 Å². The maximum absolute atomic E-state index is 12.6. The van der Waals surface area contributed by atoms with Crippen molar-refractivity contribution in [3.05, 3.63) is 42.1 Å². The van der Waals surface area contributed by atoms with Gasteiger partial charge in [-0.1, -0.05) is 13.3 Å². The van der Waals surface area contributed by atoms with Crippen LogP contribution in [0.25, 0.3) is 0 Å². The van der Waals surface area contributed by atoms with E-state index in [1.807, 2.05) is 43.3 Å². The zero-order valence-corrected chi connectivity index (χ0v) is 16.6. The van der Waals surface area contributed by atoms with E-state index in [1.165, 1.54) is 0 Å². The van der Waals surface area contributed by atoms with E-state index in [1.54, 1.807) is 4.90 Å². The van der Waals surface area contributed by atoms with Crippen LogP contribution in [0.2, 0.25) is 0 Å². The number of carbonyl (C=O) groups is 1. The summed E-state index contributed by atoms with van der Waals surface area (Å²) in [4.78, 5) is 14.4. The van der Waals surface area contributed by atoms with Gasteiger partial charge >= 0.3 is 6.03 Å². The number of nitrogens with one attached hydrogen (secondary N) is 1. The molecule has 1 unspecified atom stereocenters. The number of aromatic nitrogens is 2. The molecule has 2 aromatic rings. The second kappa shape index (κ2) is 9.92. The molecule has 1 N–H and O–H groups in total. The average Bonchev–Trinajstić information content (AvgIpc) is 2.71. The van der Waals surface area contributed by atoms with Crippen LogP contribution in [0.3, 0.4) is 0 Å². The topological polar surface area (TPSA) is 76.6 Å². The Morgan fingerprint density at radius 2 is 2.04 bits per heavy atom. The van der Waals surface area contributed by atoms with Crippen LogP contribution in [0, 0.1) is 6.92 Å². The molecule has 3 rings (SSSR count). The van der Waals surface area contributed by atoms with Crippen LogP contribution in [0.15, 0.2) is 36.4 Å². The lowest BCUT2D eigenvalue weighted by atomic mass is 10.1. The highest BCUT2D eigenvalue weighted by molar-refractivity contribution is 5.89. The molecule has 1 aromatic heterocycles. The minimum absolute atomic E-state index is 0.0779. The number of ether oxygens (including phenoxy) is 2. The fraction of sp³-hybridized carbons (Fsp3) is 0.476. The number of aryl methyl sites for hydroxylation is 1. The van der Waals surface area contributed by atoms with Crippen molar-refractivity contribution in [2.45, 2.75) is 45.6 Å². The fourth-order valence-electron chi connectivity index (χ4n) is 3.01. The molecule has 0 saturated carbocycles. The molecule has 0 aliphatic carbocycles. The summed E-state index contributed by atoms with van der Waals surface area (Å²) in [6.45, 7) is 5.96. The van der Waals surface area contributed by atoms with E-state index in [0.29, 0.717) is 25.6 Å². The average molecular weight is 384 g/mol. The molecule has 0 radical (unpaired) electrons. The van der Waals surface area contributed by atoms with Gasteiger partial charge in [0, 0.05) is 18.3 Å². The van der Waals surface area contributed by atoms with E-state index in [4.69, 9.17) is 9.47 Å². The predicted molar refractivity (Wildman–Crippen MR) is 108 cm³/mol. The molecular formula is C21H28N4O3. The first kappa shape index (κ1) is 19.9. The van der Waals surface area contributed by atoms with Gasteiger partial charge < -0.3 is 19.7 Å². The first-order valence-electron chi connectivity index (χ1n) is 9.90. The third-order valence-corrected chi connectivity index (χ3v) is 4.60. The monoisotopic (exact) mass is 384 g/mol. The Kier molecular flexibility index (Phi) is 7.06. The number of benzene rings is 1. The molecule has 1 fully saturated rings. The smallest absolute Gasteiger partial charge is 0.321 e. The Labute approximate surface area is 166 Å². The number of amides is 2. The molecule has 7 heteroatoms. The first-order valence-corrected chi connectivity index (χ1v) is 9.90. The van der Waals surface area contributed by atoms with Gasteiger partial charge in [-0.15, -0.1) is 5.10 Å². The molecule has 1 aliphatic heterocycles. The molecular weight excluding hydrogens is 356 g/mol. The van der Waals surface area contributed by atoms with Gasteiger partial charge in [-0.3, -0.25) is 0 Å². The Balaban J connectivity index is 1.50. The van der Waals surface area contributed by atoms with Crippen LogP contribution >= 0.6 is 0 Å². The summed E-state index contributed by atoms with van der Waals surface area (Å²) in [5.74, 6) is 1.31. The SMILES string of the molecule is CCCCOc1ccc(NC(=O)N2CCCC(Oc3ccc(C)nn3)C2)cc1. The zero-order valence-electron chi connectivity index (χ0n) is 16.6. The van der Waals surface area contributed by atoms with Crippen LogP contribution in [-0.4, -0.2) is 46.9 Å². The van der Waals surface area contributed by atoms with Crippen LogP contribution in [0.5, 0.6) is 11.6 Å². The molecule has 1 aliphatic rings. The molecule has 2 heterocycles. The Hall–Kier alpha value is -2.83. The van der Waals surface area contributed by atoms with Crippen molar-refractivity contribution in [2.24, 2.45) is 0 Å². The number of hydrogen-bond donors (Lipinski definition) is 1. The van der Waals surface area contributed by atoms with Crippen LogP contribution in [0.1, 0.15) is 38.3 Å². The predicted octanol–water partition coefficient (Wildman–Crippen LogP) is 4.04. The summed E-state index contributed by atoms with van der Waals surface area (Å²) in [5, 5.41) is 11.0. The summed E-state index contributed by atoms with van der Waals surface area (Å²) in [7, 11) is 0. The van der Waals surface area contributed by atoms with E-state index in [2.05, 4.69) is 22.4 Å². The molecule has 0 spiro atoms. The number of urea groups is 1. The molecule has 1 saturated heterocycles. The van der Waals surface area contributed by atoms with E-state index < -0.39 is 0 Å². The Morgan fingerprint density at radius 1 is 1.21 bits per heavy atom. The molecule has 1 atom stereocenters.